The van der Waals surface area contributed by atoms with Gasteiger partial charge in [-0.3, -0.25) is 9.59 Å². The molecule has 1 saturated carbocycles. The lowest BCUT2D eigenvalue weighted by molar-refractivity contribution is -0.145. The second-order valence-electron chi connectivity index (χ2n) is 8.55. The highest BCUT2D eigenvalue weighted by atomic mass is 19.4. The van der Waals surface area contributed by atoms with Crippen molar-refractivity contribution in [2.75, 3.05) is 5.32 Å². The molecule has 0 amide bonds. The number of alkyl halides is 3. The lowest BCUT2D eigenvalue weighted by Gasteiger charge is -2.31. The van der Waals surface area contributed by atoms with Gasteiger partial charge in [-0.15, -0.1) is 0 Å². The average Bonchev–Trinajstić information content (AvgIpc) is 3.19. The maximum absolute atomic E-state index is 12.9. The first-order valence-electron chi connectivity index (χ1n) is 10.9. The van der Waals surface area contributed by atoms with Gasteiger partial charge in [0.2, 0.25) is 0 Å². The van der Waals surface area contributed by atoms with Gasteiger partial charge in [-0.25, -0.2) is 0 Å². The molecule has 4 aromatic rings. The number of carbonyl (C=O) groups is 2. The molecule has 6 nitrogen and oxygen atoms in total. The molecule has 5 rings (SSSR count). The molecule has 3 aromatic carbocycles. The van der Waals surface area contributed by atoms with Gasteiger partial charge in [0.25, 0.3) is 6.01 Å². The maximum atomic E-state index is 12.9. The molecule has 0 saturated heterocycles. The van der Waals surface area contributed by atoms with Crippen LogP contribution in [0, 0.1) is 11.8 Å². The molecular formula is C26H19F3N2O4. The molecule has 0 bridgehead atoms. The van der Waals surface area contributed by atoms with E-state index in [4.69, 9.17) is 9.52 Å². The molecule has 0 atom stereocenters. The number of fused-ring (bicyclic) bond motifs is 1. The third-order valence-corrected chi connectivity index (χ3v) is 6.21. The first-order valence-corrected chi connectivity index (χ1v) is 10.9. The second kappa shape index (κ2) is 8.57. The van der Waals surface area contributed by atoms with Crippen molar-refractivity contribution in [3.05, 3.63) is 77.9 Å². The van der Waals surface area contributed by atoms with Gasteiger partial charge in [0.1, 0.15) is 5.52 Å². The third-order valence-electron chi connectivity index (χ3n) is 6.21. The molecular weight excluding hydrogens is 461 g/mol. The summed E-state index contributed by atoms with van der Waals surface area (Å²) in [5, 5.41) is 11.9. The number of Topliss-reactive ketones (excluding diaryl/α,β-unsaturated/α-hetero) is 1. The van der Waals surface area contributed by atoms with Gasteiger partial charge in [-0.2, -0.15) is 18.2 Å². The Morgan fingerprint density at radius 3 is 2.14 bits per heavy atom. The molecule has 2 N–H and O–H groups in total. The molecule has 1 aromatic heterocycles. The van der Waals surface area contributed by atoms with E-state index in [1.165, 1.54) is 6.07 Å². The van der Waals surface area contributed by atoms with Gasteiger partial charge in [-0.05, 0) is 54.3 Å². The monoisotopic (exact) mass is 480 g/mol. The zero-order valence-electron chi connectivity index (χ0n) is 18.2. The second-order valence-corrected chi connectivity index (χ2v) is 8.55. The molecule has 9 heteroatoms. The van der Waals surface area contributed by atoms with Crippen molar-refractivity contribution >= 4 is 34.6 Å². The summed E-state index contributed by atoms with van der Waals surface area (Å²) in [5.74, 6) is -1.55. The van der Waals surface area contributed by atoms with E-state index < -0.39 is 23.6 Å². The maximum Gasteiger partial charge on any atom is 0.416 e. The lowest BCUT2D eigenvalue weighted by Crippen LogP contribution is -2.35. The average molecular weight is 480 g/mol. The van der Waals surface area contributed by atoms with Gasteiger partial charge in [0.15, 0.2) is 11.4 Å². The van der Waals surface area contributed by atoms with Crippen molar-refractivity contribution in [3.63, 3.8) is 0 Å². The Morgan fingerprint density at radius 2 is 1.54 bits per heavy atom. The minimum atomic E-state index is -4.46. The number of hydrogen-bond donors (Lipinski definition) is 2. The topological polar surface area (TPSA) is 92.4 Å². The van der Waals surface area contributed by atoms with E-state index in [0.717, 1.165) is 23.3 Å². The summed E-state index contributed by atoms with van der Waals surface area (Å²) >= 11 is 0. The predicted molar refractivity (Wildman–Crippen MR) is 122 cm³/mol. The number of aliphatic carboxylic acids is 1. The minimum absolute atomic E-state index is 0.0331. The fourth-order valence-electron chi connectivity index (χ4n) is 4.12. The van der Waals surface area contributed by atoms with E-state index >= 15 is 0 Å². The first kappa shape index (κ1) is 22.6. The summed E-state index contributed by atoms with van der Waals surface area (Å²) in [4.78, 5) is 27.6. The van der Waals surface area contributed by atoms with Crippen molar-refractivity contribution in [1.29, 1.82) is 0 Å². The van der Waals surface area contributed by atoms with Crippen molar-refractivity contribution in [2.24, 2.45) is 11.8 Å². The van der Waals surface area contributed by atoms with Gasteiger partial charge in [0, 0.05) is 17.2 Å². The molecule has 1 aliphatic rings. The number of nitrogens with one attached hydrogen (secondary N) is 1. The number of oxazole rings is 1. The summed E-state index contributed by atoms with van der Waals surface area (Å²) in [5.41, 5.74) is 2.54. The Hall–Kier alpha value is -4.14. The number of halogens is 3. The van der Waals surface area contributed by atoms with Crippen LogP contribution in [-0.2, 0) is 11.0 Å². The Morgan fingerprint density at radius 1 is 0.914 bits per heavy atom. The van der Waals surface area contributed by atoms with Crippen molar-refractivity contribution in [1.82, 2.24) is 4.98 Å². The van der Waals surface area contributed by atoms with Crippen molar-refractivity contribution < 1.29 is 32.3 Å². The van der Waals surface area contributed by atoms with Crippen molar-refractivity contribution in [2.45, 2.75) is 19.0 Å². The van der Waals surface area contributed by atoms with E-state index in [1.54, 1.807) is 24.3 Å². The predicted octanol–water partition coefficient (Wildman–Crippen LogP) is 6.55. The Kier molecular flexibility index (Phi) is 5.55. The minimum Gasteiger partial charge on any atom is -0.481 e. The number of nitrogens with zero attached hydrogens (tertiary/aromatic N) is 1. The highest BCUT2D eigenvalue weighted by Crippen LogP contribution is 2.37. The number of carboxylic acids is 1. The Bertz CT molecular complexity index is 1400. The van der Waals surface area contributed by atoms with Crippen LogP contribution in [0.25, 0.3) is 22.2 Å². The zero-order valence-corrected chi connectivity index (χ0v) is 18.2. The molecule has 0 aliphatic heterocycles. The number of aromatic nitrogens is 1. The van der Waals surface area contributed by atoms with Crippen LogP contribution >= 0.6 is 0 Å². The SMILES string of the molecule is O=C(O)C1CC(C(=O)c2ccc(-c3ccc(Nc4nc5ccc(C(F)(F)F)cc5o4)cc3)cc2)C1. The highest BCUT2D eigenvalue weighted by Gasteiger charge is 2.38. The number of carboxylic acid groups (broad SMARTS) is 1. The van der Waals surface area contributed by atoms with Gasteiger partial charge in [0.05, 0.1) is 11.5 Å². The lowest BCUT2D eigenvalue weighted by atomic mass is 9.71. The van der Waals surface area contributed by atoms with Crippen LogP contribution < -0.4 is 5.32 Å². The summed E-state index contributed by atoms with van der Waals surface area (Å²) in [6.45, 7) is 0. The smallest absolute Gasteiger partial charge is 0.416 e. The largest absolute Gasteiger partial charge is 0.481 e. The first-order chi connectivity index (χ1) is 16.7. The fraction of sp³-hybridized carbons (Fsp3) is 0.192. The molecule has 0 spiro atoms. The molecule has 1 fully saturated rings. The quantitative estimate of drug-likeness (QED) is 0.304. The number of anilines is 2. The molecule has 178 valence electrons. The van der Waals surface area contributed by atoms with Gasteiger partial charge < -0.3 is 14.8 Å². The molecule has 35 heavy (non-hydrogen) atoms. The summed E-state index contributed by atoms with van der Waals surface area (Å²) in [7, 11) is 0. The zero-order chi connectivity index (χ0) is 24.7. The van der Waals surface area contributed by atoms with E-state index in [1.807, 2.05) is 24.3 Å². The normalized spacial score (nSPS) is 17.7. The van der Waals surface area contributed by atoms with Crippen LogP contribution in [0.5, 0.6) is 0 Å². The van der Waals surface area contributed by atoms with E-state index in [9.17, 15) is 22.8 Å². The molecule has 0 unspecified atom stereocenters. The van der Waals surface area contributed by atoms with Crippen LogP contribution in [0.4, 0.5) is 24.9 Å². The highest BCUT2D eigenvalue weighted by molar-refractivity contribution is 5.99. The summed E-state index contributed by atoms with van der Waals surface area (Å²) in [6, 6.07) is 17.6. The van der Waals surface area contributed by atoms with Crippen LogP contribution in [0.3, 0.4) is 0 Å². The summed E-state index contributed by atoms with van der Waals surface area (Å²) < 4.78 is 44.1. The van der Waals surface area contributed by atoms with Crippen LogP contribution in [-0.4, -0.2) is 21.8 Å². The van der Waals surface area contributed by atoms with Crippen LogP contribution in [0.1, 0.15) is 28.8 Å². The number of hydrogen-bond acceptors (Lipinski definition) is 5. The van der Waals surface area contributed by atoms with E-state index in [2.05, 4.69) is 10.3 Å². The third kappa shape index (κ3) is 4.62. The van der Waals surface area contributed by atoms with Gasteiger partial charge >= 0.3 is 12.1 Å². The molecule has 0 radical (unpaired) electrons. The molecule has 1 aliphatic carbocycles. The van der Waals surface area contributed by atoms with Crippen molar-refractivity contribution in [3.8, 4) is 11.1 Å². The van der Waals surface area contributed by atoms with Crippen LogP contribution in [0.15, 0.2) is 71.1 Å². The van der Waals surface area contributed by atoms with Gasteiger partial charge in [-0.1, -0.05) is 36.4 Å². The number of carbonyl (C=O) groups excluding carboxylic acids is 1. The Labute approximate surface area is 197 Å². The summed E-state index contributed by atoms with van der Waals surface area (Å²) in [6.07, 6.45) is -3.70. The number of ketones is 1. The standard InChI is InChI=1S/C26H19F3N2O4/c27-26(28,29)19-7-10-21-22(13-19)35-25(31-21)30-20-8-5-15(6-9-20)14-1-3-16(4-2-14)23(32)17-11-18(12-17)24(33)34/h1-10,13,17-18H,11-12H2,(H,30,31)(H,33,34). The van der Waals surface area contributed by atoms with Crippen LogP contribution in [0.2, 0.25) is 0 Å². The number of rotatable bonds is 6. The van der Waals surface area contributed by atoms with E-state index in [-0.39, 0.29) is 23.3 Å². The van der Waals surface area contributed by atoms with E-state index in [0.29, 0.717) is 29.6 Å². The fourth-order valence-corrected chi connectivity index (χ4v) is 4.12. The molecule has 1 heterocycles. The Balaban J connectivity index is 1.25. The number of benzene rings is 3.